The summed E-state index contributed by atoms with van der Waals surface area (Å²) in [6, 6.07) is 4.42. The van der Waals surface area contributed by atoms with Crippen molar-refractivity contribution in [3.63, 3.8) is 0 Å². The van der Waals surface area contributed by atoms with Gasteiger partial charge in [-0.2, -0.15) is 0 Å². The lowest BCUT2D eigenvalue weighted by Crippen LogP contribution is -2.56. The van der Waals surface area contributed by atoms with Crippen molar-refractivity contribution >= 4 is 16.8 Å². The molecule has 156 valence electrons. The summed E-state index contributed by atoms with van der Waals surface area (Å²) in [5.74, 6) is 0.458. The van der Waals surface area contributed by atoms with Crippen molar-refractivity contribution in [2.45, 2.75) is 81.7 Å². The number of fused-ring (bicyclic) bond motifs is 3. The molecule has 0 unspecified atom stereocenters. The zero-order valence-electron chi connectivity index (χ0n) is 17.2. The molecule has 3 aliphatic rings. The van der Waals surface area contributed by atoms with E-state index in [1.54, 1.807) is 13.3 Å². The zero-order valence-corrected chi connectivity index (χ0v) is 17.2. The largest absolute Gasteiger partial charge is 0.388 e. The van der Waals surface area contributed by atoms with Gasteiger partial charge in [-0.3, -0.25) is 9.78 Å². The van der Waals surface area contributed by atoms with E-state index in [0.717, 1.165) is 49.4 Å². The Bertz CT molecular complexity index is 872. The normalized spacial score (nSPS) is 34.6. The van der Waals surface area contributed by atoms with Crippen LogP contribution in [0.5, 0.6) is 0 Å². The van der Waals surface area contributed by atoms with E-state index in [4.69, 9.17) is 4.74 Å². The van der Waals surface area contributed by atoms with Crippen LogP contribution in [-0.4, -0.2) is 56.4 Å². The molecule has 0 aromatic carbocycles. The molecule has 2 saturated heterocycles. The predicted molar refractivity (Wildman–Crippen MR) is 110 cm³/mol. The quantitative estimate of drug-likeness (QED) is 0.861. The van der Waals surface area contributed by atoms with E-state index < -0.39 is 5.60 Å². The van der Waals surface area contributed by atoms with Crippen LogP contribution in [0, 0.1) is 5.92 Å². The molecule has 2 aromatic rings. The Hall–Kier alpha value is -1.92. The molecule has 6 heteroatoms. The number of aromatic nitrogens is 2. The highest BCUT2D eigenvalue weighted by Crippen LogP contribution is 2.43. The van der Waals surface area contributed by atoms with Crippen molar-refractivity contribution in [1.82, 2.24) is 14.5 Å². The molecule has 0 radical (unpaired) electrons. The summed E-state index contributed by atoms with van der Waals surface area (Å²) in [7, 11) is 1.77. The van der Waals surface area contributed by atoms with Gasteiger partial charge in [0.15, 0.2) is 0 Å². The van der Waals surface area contributed by atoms with Crippen LogP contribution in [0.3, 0.4) is 0 Å². The van der Waals surface area contributed by atoms with Crippen LogP contribution in [-0.2, 0) is 16.1 Å². The number of amides is 1. The number of ether oxygens (including phenoxy) is 1. The average Bonchev–Trinajstić information content (AvgIpc) is 3.26. The number of aliphatic hydroxyl groups is 1. The number of pyridine rings is 1. The lowest BCUT2D eigenvalue weighted by atomic mass is 9.82. The minimum atomic E-state index is -0.766. The number of nitrogens with zero attached hydrogens (tertiary/aromatic N) is 3. The Labute approximate surface area is 171 Å². The first-order valence-corrected chi connectivity index (χ1v) is 11.0. The maximum atomic E-state index is 13.3. The fourth-order valence-electron chi connectivity index (χ4n) is 6.05. The lowest BCUT2D eigenvalue weighted by molar-refractivity contribution is -0.148. The van der Waals surface area contributed by atoms with E-state index in [1.807, 2.05) is 18.5 Å². The highest BCUT2D eigenvalue weighted by atomic mass is 16.5. The Kier molecular flexibility index (Phi) is 4.87. The van der Waals surface area contributed by atoms with Gasteiger partial charge in [-0.05, 0) is 63.5 Å². The van der Waals surface area contributed by atoms with Gasteiger partial charge in [-0.1, -0.05) is 0 Å². The number of piperidine rings is 1. The number of rotatable bonds is 4. The highest BCUT2D eigenvalue weighted by Gasteiger charge is 2.50. The van der Waals surface area contributed by atoms with Crippen LogP contribution in [0.4, 0.5) is 0 Å². The van der Waals surface area contributed by atoms with Crippen LogP contribution in [0.2, 0.25) is 0 Å². The molecule has 1 amide bonds. The topological polar surface area (TPSA) is 67.6 Å². The maximum absolute atomic E-state index is 13.3. The van der Waals surface area contributed by atoms with Crippen LogP contribution < -0.4 is 0 Å². The Balaban J connectivity index is 1.29. The second-order valence-electron chi connectivity index (χ2n) is 9.35. The van der Waals surface area contributed by atoms with Crippen molar-refractivity contribution in [2.75, 3.05) is 7.11 Å². The van der Waals surface area contributed by atoms with Crippen molar-refractivity contribution in [1.29, 1.82) is 0 Å². The molecule has 1 aliphatic carbocycles. The van der Waals surface area contributed by atoms with Crippen molar-refractivity contribution < 1.29 is 14.6 Å². The molecule has 6 nitrogen and oxygen atoms in total. The summed E-state index contributed by atoms with van der Waals surface area (Å²) < 4.78 is 7.58. The van der Waals surface area contributed by atoms with Gasteiger partial charge in [0.05, 0.1) is 30.0 Å². The third kappa shape index (κ3) is 3.46. The van der Waals surface area contributed by atoms with Gasteiger partial charge < -0.3 is 19.3 Å². The zero-order chi connectivity index (χ0) is 20.0. The van der Waals surface area contributed by atoms with Gasteiger partial charge in [0, 0.05) is 42.9 Å². The molecular formula is C23H31N3O3. The van der Waals surface area contributed by atoms with Gasteiger partial charge in [0.25, 0.3) is 0 Å². The summed E-state index contributed by atoms with van der Waals surface area (Å²) in [6.45, 7) is 0.566. The fourth-order valence-corrected chi connectivity index (χ4v) is 6.05. The molecule has 3 fully saturated rings. The van der Waals surface area contributed by atoms with Gasteiger partial charge in [-0.15, -0.1) is 0 Å². The van der Waals surface area contributed by atoms with E-state index in [1.165, 1.54) is 0 Å². The second kappa shape index (κ2) is 7.40. The van der Waals surface area contributed by atoms with Crippen LogP contribution in [0.15, 0.2) is 30.7 Å². The van der Waals surface area contributed by atoms with Crippen molar-refractivity contribution in [3.8, 4) is 0 Å². The summed E-state index contributed by atoms with van der Waals surface area (Å²) >= 11 is 0. The third-order valence-corrected chi connectivity index (χ3v) is 7.50. The summed E-state index contributed by atoms with van der Waals surface area (Å²) in [5.41, 5.74) is 0.291. The third-order valence-electron chi connectivity index (χ3n) is 7.50. The summed E-state index contributed by atoms with van der Waals surface area (Å²) in [5, 5.41) is 12.6. The van der Waals surface area contributed by atoms with Gasteiger partial charge >= 0.3 is 0 Å². The van der Waals surface area contributed by atoms with E-state index in [9.17, 15) is 9.90 Å². The van der Waals surface area contributed by atoms with Gasteiger partial charge in [-0.25, -0.2) is 0 Å². The van der Waals surface area contributed by atoms with E-state index in [0.29, 0.717) is 31.4 Å². The second-order valence-corrected chi connectivity index (χ2v) is 9.35. The highest BCUT2D eigenvalue weighted by molar-refractivity contribution is 5.80. The Morgan fingerprint density at radius 1 is 1.17 bits per heavy atom. The molecule has 2 atom stereocenters. The first kappa shape index (κ1) is 19.1. The number of carbonyl (C=O) groups excluding carboxylic acids is 1. The van der Waals surface area contributed by atoms with Crippen LogP contribution in [0.1, 0.15) is 51.4 Å². The molecule has 29 heavy (non-hydrogen) atoms. The van der Waals surface area contributed by atoms with Crippen LogP contribution in [0.25, 0.3) is 10.9 Å². The van der Waals surface area contributed by atoms with Gasteiger partial charge in [0.2, 0.25) is 5.91 Å². The van der Waals surface area contributed by atoms with Gasteiger partial charge in [0.1, 0.15) is 0 Å². The van der Waals surface area contributed by atoms with Crippen molar-refractivity contribution in [3.05, 3.63) is 30.7 Å². The predicted octanol–water partition coefficient (Wildman–Crippen LogP) is 3.13. The van der Waals surface area contributed by atoms with E-state index in [2.05, 4.69) is 20.5 Å². The minimum Gasteiger partial charge on any atom is -0.388 e. The number of methoxy groups -OCH3 is 1. The fraction of sp³-hybridized carbons (Fsp3) is 0.652. The van der Waals surface area contributed by atoms with E-state index >= 15 is 0 Å². The molecule has 2 bridgehead atoms. The smallest absolute Gasteiger partial charge is 0.226 e. The van der Waals surface area contributed by atoms with Crippen molar-refractivity contribution in [2.24, 2.45) is 5.92 Å². The average molecular weight is 398 g/mol. The summed E-state index contributed by atoms with van der Waals surface area (Å²) in [4.78, 5) is 19.7. The molecule has 1 saturated carbocycles. The first-order valence-electron chi connectivity index (χ1n) is 11.0. The number of hydrogen-bond donors (Lipinski definition) is 1. The minimum absolute atomic E-state index is 0.134. The molecule has 5 rings (SSSR count). The molecule has 2 aromatic heterocycles. The molecule has 1 N–H and O–H groups in total. The SMILES string of the molecule is COC1CCC(C(=O)N2[C@H]3CC[C@H]2CC(O)(Cn2ccc4ccncc42)C3)CC1. The standard InChI is InChI=1S/C23H31N3O3/c1-29-20-6-2-17(3-7-20)22(27)26-18-4-5-19(26)13-23(28,12-18)15-25-11-9-16-8-10-24-14-21(16)25/h8-11,14,17-20,28H,2-7,12-13,15H2,1H3/t17?,18-,19-,20?/m0/s1. The lowest BCUT2D eigenvalue weighted by Gasteiger charge is -2.45. The Morgan fingerprint density at radius 3 is 2.59 bits per heavy atom. The monoisotopic (exact) mass is 397 g/mol. The molecular weight excluding hydrogens is 366 g/mol. The maximum Gasteiger partial charge on any atom is 0.226 e. The first-order chi connectivity index (χ1) is 14.1. The Morgan fingerprint density at radius 2 is 1.90 bits per heavy atom. The molecule has 4 heterocycles. The van der Waals surface area contributed by atoms with E-state index in [-0.39, 0.29) is 18.0 Å². The van der Waals surface area contributed by atoms with Crippen LogP contribution >= 0.6 is 0 Å². The number of hydrogen-bond acceptors (Lipinski definition) is 4. The number of carbonyl (C=O) groups is 1. The summed E-state index contributed by atoms with van der Waals surface area (Å²) in [6.07, 6.45) is 13.2. The molecule has 2 aliphatic heterocycles. The molecule has 0 spiro atoms.